The highest BCUT2D eigenvalue weighted by atomic mass is 16.5. The molecule has 0 N–H and O–H groups in total. The van der Waals surface area contributed by atoms with Crippen LogP contribution < -0.4 is 4.74 Å². The van der Waals surface area contributed by atoms with Crippen molar-refractivity contribution in [3.05, 3.63) is 47.9 Å². The van der Waals surface area contributed by atoms with Crippen molar-refractivity contribution in [2.75, 3.05) is 7.11 Å². The van der Waals surface area contributed by atoms with Crippen LogP contribution in [0.25, 0.3) is 23.0 Å². The Bertz CT molecular complexity index is 1140. The molecule has 0 amide bonds. The Labute approximate surface area is 154 Å². The zero-order valence-electron chi connectivity index (χ0n) is 15.1. The number of ether oxygens (including phenoxy) is 1. The van der Waals surface area contributed by atoms with Crippen molar-refractivity contribution in [1.82, 2.24) is 34.7 Å². The van der Waals surface area contributed by atoms with Crippen molar-refractivity contribution in [2.45, 2.75) is 26.2 Å². The van der Waals surface area contributed by atoms with Gasteiger partial charge in [0.05, 0.1) is 36.1 Å². The number of fused-ring (bicyclic) bond motifs is 5. The summed E-state index contributed by atoms with van der Waals surface area (Å²) < 4.78 is 14.7. The third kappa shape index (κ3) is 2.35. The molecule has 0 atom stereocenters. The van der Waals surface area contributed by atoms with Crippen LogP contribution in [0.3, 0.4) is 0 Å². The molecule has 4 heterocycles. The summed E-state index contributed by atoms with van der Waals surface area (Å²) in [5, 5.41) is 12.4. The highest BCUT2D eigenvalue weighted by molar-refractivity contribution is 5.62. The van der Waals surface area contributed by atoms with E-state index < -0.39 is 0 Å². The number of rotatable bonds is 3. The van der Waals surface area contributed by atoms with Gasteiger partial charge in [0.1, 0.15) is 12.1 Å². The molecular weight excluding hydrogens is 346 g/mol. The summed E-state index contributed by atoms with van der Waals surface area (Å²) in [6.07, 6.45) is 4.11. The molecule has 5 rings (SSSR count). The number of imidazole rings is 1. The predicted octanol–water partition coefficient (Wildman–Crippen LogP) is 2.54. The summed E-state index contributed by atoms with van der Waals surface area (Å²) in [6.45, 7) is 4.05. The van der Waals surface area contributed by atoms with E-state index in [0.717, 1.165) is 28.5 Å². The number of hydrogen-bond donors (Lipinski definition) is 0. The van der Waals surface area contributed by atoms with Crippen molar-refractivity contribution < 1.29 is 9.26 Å². The summed E-state index contributed by atoms with van der Waals surface area (Å²) in [5.41, 5.74) is 4.36. The standard InChI is InChI=1S/C18H17N7O2/c1-10(2)17-21-18(27-22-17)16-15-6-11-8-20-23-25(11)14-7-12(26-3)4-5-13(14)24(15)9-19-16/h4-5,7-10H,6H2,1-3H3. The van der Waals surface area contributed by atoms with Crippen LogP contribution in [0.4, 0.5) is 0 Å². The van der Waals surface area contributed by atoms with E-state index in [4.69, 9.17) is 9.26 Å². The van der Waals surface area contributed by atoms with Gasteiger partial charge in [0.25, 0.3) is 5.89 Å². The zero-order chi connectivity index (χ0) is 18.5. The largest absolute Gasteiger partial charge is 0.497 e. The molecular formula is C18H17N7O2. The quantitative estimate of drug-likeness (QED) is 0.486. The van der Waals surface area contributed by atoms with Crippen LogP contribution in [0.2, 0.25) is 0 Å². The molecule has 3 aromatic heterocycles. The van der Waals surface area contributed by atoms with Crippen molar-refractivity contribution in [3.8, 4) is 28.7 Å². The molecule has 1 aliphatic heterocycles. The van der Waals surface area contributed by atoms with Gasteiger partial charge >= 0.3 is 0 Å². The topological polar surface area (TPSA) is 96.7 Å². The first-order chi connectivity index (χ1) is 13.2. The first-order valence-corrected chi connectivity index (χ1v) is 8.64. The third-order valence-corrected chi connectivity index (χ3v) is 4.67. The van der Waals surface area contributed by atoms with Crippen LogP contribution in [-0.4, -0.2) is 41.8 Å². The van der Waals surface area contributed by atoms with Gasteiger partial charge in [-0.3, -0.25) is 4.57 Å². The van der Waals surface area contributed by atoms with Gasteiger partial charge in [-0.25, -0.2) is 9.67 Å². The second-order valence-electron chi connectivity index (χ2n) is 6.69. The second kappa shape index (κ2) is 5.76. The van der Waals surface area contributed by atoms with E-state index in [1.54, 1.807) is 19.6 Å². The lowest BCUT2D eigenvalue weighted by molar-refractivity contribution is 0.414. The molecule has 0 radical (unpaired) electrons. The first-order valence-electron chi connectivity index (χ1n) is 8.64. The van der Waals surface area contributed by atoms with E-state index in [-0.39, 0.29) is 5.92 Å². The van der Waals surface area contributed by atoms with Crippen LogP contribution in [0.1, 0.15) is 37.0 Å². The molecule has 9 heteroatoms. The van der Waals surface area contributed by atoms with E-state index >= 15 is 0 Å². The molecule has 136 valence electrons. The fourth-order valence-electron chi connectivity index (χ4n) is 3.25. The maximum absolute atomic E-state index is 5.48. The smallest absolute Gasteiger partial charge is 0.278 e. The fraction of sp³-hybridized carbons (Fsp3) is 0.278. The van der Waals surface area contributed by atoms with Crippen molar-refractivity contribution >= 4 is 0 Å². The molecule has 0 aliphatic carbocycles. The Kier molecular flexibility index (Phi) is 3.36. The summed E-state index contributed by atoms with van der Waals surface area (Å²) in [4.78, 5) is 9.07. The molecule has 9 nitrogen and oxygen atoms in total. The van der Waals surface area contributed by atoms with Gasteiger partial charge in [0.15, 0.2) is 11.5 Å². The van der Waals surface area contributed by atoms with Gasteiger partial charge in [-0.2, -0.15) is 4.98 Å². The minimum absolute atomic E-state index is 0.183. The van der Waals surface area contributed by atoms with Crippen molar-refractivity contribution in [1.29, 1.82) is 0 Å². The summed E-state index contributed by atoms with van der Waals surface area (Å²) in [6, 6.07) is 5.83. The number of benzene rings is 1. The molecule has 1 aliphatic rings. The summed E-state index contributed by atoms with van der Waals surface area (Å²) >= 11 is 0. The SMILES string of the molecule is COc1ccc2c(c1)-n1nncc1Cc1c(-c3nc(C(C)C)no3)ncn1-2. The van der Waals surface area contributed by atoms with Gasteiger partial charge < -0.3 is 9.26 Å². The van der Waals surface area contributed by atoms with Gasteiger partial charge in [-0.15, -0.1) is 5.10 Å². The van der Waals surface area contributed by atoms with Gasteiger partial charge in [-0.05, 0) is 12.1 Å². The molecule has 0 bridgehead atoms. The van der Waals surface area contributed by atoms with Crippen LogP contribution >= 0.6 is 0 Å². The molecule has 0 unspecified atom stereocenters. The lowest BCUT2D eigenvalue weighted by Crippen LogP contribution is -2.03. The number of nitrogens with zero attached hydrogens (tertiary/aromatic N) is 7. The lowest BCUT2D eigenvalue weighted by atomic mass is 10.2. The Morgan fingerprint density at radius 3 is 2.89 bits per heavy atom. The van der Waals surface area contributed by atoms with Crippen LogP contribution in [0.5, 0.6) is 5.75 Å². The maximum atomic E-state index is 5.48. The lowest BCUT2D eigenvalue weighted by Gasteiger charge is -2.11. The Morgan fingerprint density at radius 1 is 1.22 bits per heavy atom. The van der Waals surface area contributed by atoms with Crippen molar-refractivity contribution in [3.63, 3.8) is 0 Å². The van der Waals surface area contributed by atoms with E-state index in [0.29, 0.717) is 23.8 Å². The minimum atomic E-state index is 0.183. The van der Waals surface area contributed by atoms with E-state index in [9.17, 15) is 0 Å². The second-order valence-corrected chi connectivity index (χ2v) is 6.69. The average molecular weight is 363 g/mol. The molecule has 0 fully saturated rings. The number of aromatic nitrogens is 7. The molecule has 27 heavy (non-hydrogen) atoms. The van der Waals surface area contributed by atoms with Crippen LogP contribution in [0, 0.1) is 0 Å². The summed E-state index contributed by atoms with van der Waals surface area (Å²) in [7, 11) is 1.64. The average Bonchev–Trinajstić information content (AvgIpc) is 3.39. The van der Waals surface area contributed by atoms with Crippen LogP contribution in [-0.2, 0) is 6.42 Å². The predicted molar refractivity (Wildman–Crippen MR) is 95.2 cm³/mol. The molecule has 1 aromatic carbocycles. The Hall–Kier alpha value is -3.49. The van der Waals surface area contributed by atoms with Gasteiger partial charge in [-0.1, -0.05) is 24.2 Å². The van der Waals surface area contributed by atoms with E-state index in [2.05, 4.69) is 25.4 Å². The minimum Gasteiger partial charge on any atom is -0.497 e. The van der Waals surface area contributed by atoms with Gasteiger partial charge in [0, 0.05) is 18.4 Å². The maximum Gasteiger partial charge on any atom is 0.278 e. The van der Waals surface area contributed by atoms with E-state index in [1.807, 2.05) is 41.3 Å². The fourth-order valence-corrected chi connectivity index (χ4v) is 3.25. The molecule has 0 spiro atoms. The zero-order valence-corrected chi connectivity index (χ0v) is 15.1. The molecule has 0 saturated carbocycles. The highest BCUT2D eigenvalue weighted by Crippen LogP contribution is 2.33. The molecule has 0 saturated heterocycles. The Balaban J connectivity index is 1.73. The highest BCUT2D eigenvalue weighted by Gasteiger charge is 2.26. The summed E-state index contributed by atoms with van der Waals surface area (Å²) in [5.74, 6) is 2.01. The van der Waals surface area contributed by atoms with E-state index in [1.165, 1.54) is 0 Å². The monoisotopic (exact) mass is 363 g/mol. The van der Waals surface area contributed by atoms with Crippen molar-refractivity contribution in [2.24, 2.45) is 0 Å². The normalized spacial score (nSPS) is 12.4. The Morgan fingerprint density at radius 2 is 2.11 bits per heavy atom. The van der Waals surface area contributed by atoms with Gasteiger partial charge in [0.2, 0.25) is 0 Å². The molecule has 4 aromatic rings. The van der Waals surface area contributed by atoms with Crippen LogP contribution in [0.15, 0.2) is 35.2 Å². The third-order valence-electron chi connectivity index (χ3n) is 4.67. The number of methoxy groups -OCH3 is 1. The number of hydrogen-bond acceptors (Lipinski definition) is 7. The first kappa shape index (κ1) is 15.7.